The summed E-state index contributed by atoms with van der Waals surface area (Å²) in [6.45, 7) is 2.24. The molecule has 0 atom stereocenters. The number of unbranched alkanes of at least 4 members (excludes halogenated alkanes) is 3. The highest BCUT2D eigenvalue weighted by molar-refractivity contribution is 7.99. The van der Waals surface area contributed by atoms with Crippen LogP contribution in [0.3, 0.4) is 0 Å². The molecule has 0 amide bonds. The summed E-state index contributed by atoms with van der Waals surface area (Å²) in [5.74, 6) is 1.89. The highest BCUT2D eigenvalue weighted by atomic mass is 32.2. The molecule has 0 aliphatic heterocycles. The summed E-state index contributed by atoms with van der Waals surface area (Å²) < 4.78 is 5.78. The molecule has 1 fully saturated rings. The van der Waals surface area contributed by atoms with E-state index < -0.39 is 0 Å². The molecule has 0 unspecified atom stereocenters. The van der Waals surface area contributed by atoms with Gasteiger partial charge >= 0.3 is 5.97 Å². The summed E-state index contributed by atoms with van der Waals surface area (Å²) in [5, 5.41) is 2.24. The Morgan fingerprint density at radius 2 is 1.80 bits per heavy atom. The minimum absolute atomic E-state index is 0.0531. The molecular weight excluding hydrogens is 328 g/mol. The van der Waals surface area contributed by atoms with Crippen molar-refractivity contribution in [1.29, 1.82) is 0 Å². The smallest absolute Gasteiger partial charge is 0.314 e. The maximum atomic E-state index is 12.4. The van der Waals surface area contributed by atoms with Crippen molar-refractivity contribution in [3.05, 3.63) is 36.4 Å². The van der Waals surface area contributed by atoms with Crippen molar-refractivity contribution in [2.45, 2.75) is 63.2 Å². The lowest BCUT2D eigenvalue weighted by Gasteiger charge is -2.13. The van der Waals surface area contributed by atoms with E-state index >= 15 is 0 Å². The van der Waals surface area contributed by atoms with Gasteiger partial charge in [-0.2, -0.15) is 0 Å². The number of thioether (sulfide) groups is 1. The van der Waals surface area contributed by atoms with Crippen LogP contribution >= 0.6 is 11.8 Å². The van der Waals surface area contributed by atoms with E-state index in [-0.39, 0.29) is 11.9 Å². The molecule has 0 bridgehead atoms. The zero-order chi connectivity index (χ0) is 17.5. The van der Waals surface area contributed by atoms with Gasteiger partial charge < -0.3 is 4.74 Å². The molecule has 25 heavy (non-hydrogen) atoms. The molecule has 3 heteroatoms. The van der Waals surface area contributed by atoms with E-state index in [9.17, 15) is 4.79 Å². The quantitative estimate of drug-likeness (QED) is 0.230. The van der Waals surface area contributed by atoms with Crippen molar-refractivity contribution >= 4 is 28.5 Å². The monoisotopic (exact) mass is 356 g/mol. The fourth-order valence-corrected chi connectivity index (χ4v) is 4.59. The Hall–Kier alpha value is -1.48. The van der Waals surface area contributed by atoms with Crippen molar-refractivity contribution < 1.29 is 9.53 Å². The van der Waals surface area contributed by atoms with E-state index in [0.717, 1.165) is 36.8 Å². The van der Waals surface area contributed by atoms with Crippen molar-refractivity contribution in [2.75, 3.05) is 5.75 Å². The highest BCUT2D eigenvalue weighted by Crippen LogP contribution is 2.35. The second-order valence-electron chi connectivity index (χ2n) is 6.92. The first-order valence-electron chi connectivity index (χ1n) is 9.66. The summed E-state index contributed by atoms with van der Waals surface area (Å²) in [6, 6.07) is 12.4. The molecule has 1 aliphatic rings. The number of rotatable bonds is 8. The summed E-state index contributed by atoms with van der Waals surface area (Å²) in [5.41, 5.74) is 0. The van der Waals surface area contributed by atoms with E-state index in [4.69, 9.17) is 4.74 Å². The minimum atomic E-state index is -0.0531. The number of ether oxygens (including phenoxy) is 1. The van der Waals surface area contributed by atoms with Crippen LogP contribution < -0.4 is 4.74 Å². The molecule has 1 saturated carbocycles. The normalized spacial score (nSPS) is 14.9. The van der Waals surface area contributed by atoms with Crippen LogP contribution in [0.4, 0.5) is 0 Å². The molecule has 0 aromatic heterocycles. The first-order valence-corrected chi connectivity index (χ1v) is 10.6. The molecule has 0 saturated heterocycles. The molecule has 0 radical (unpaired) electrons. The predicted molar refractivity (Wildman–Crippen MR) is 106 cm³/mol. The molecule has 0 spiro atoms. The topological polar surface area (TPSA) is 26.3 Å². The summed E-state index contributed by atoms with van der Waals surface area (Å²) in [7, 11) is 0. The van der Waals surface area contributed by atoms with Crippen LogP contribution in [-0.2, 0) is 4.79 Å². The van der Waals surface area contributed by atoms with Crippen molar-refractivity contribution in [3.8, 4) is 5.75 Å². The number of carbonyl (C=O) groups excluding carboxylic acids is 1. The van der Waals surface area contributed by atoms with Gasteiger partial charge in [0.05, 0.1) is 5.92 Å². The van der Waals surface area contributed by atoms with Crippen LogP contribution in [0.1, 0.15) is 58.3 Å². The number of esters is 1. The predicted octanol–water partition coefficient (Wildman–Crippen LogP) is 6.61. The lowest BCUT2D eigenvalue weighted by molar-refractivity contribution is -0.138. The molecule has 0 N–H and O–H groups in total. The van der Waals surface area contributed by atoms with E-state index in [1.54, 1.807) is 0 Å². The second-order valence-corrected chi connectivity index (χ2v) is 8.06. The Labute approximate surface area is 155 Å². The first kappa shape index (κ1) is 18.3. The largest absolute Gasteiger partial charge is 0.426 e. The minimum Gasteiger partial charge on any atom is -0.426 e. The summed E-state index contributed by atoms with van der Waals surface area (Å²) in [6.07, 6.45) is 9.39. The molecule has 2 aromatic rings. The van der Waals surface area contributed by atoms with Crippen molar-refractivity contribution in [2.24, 2.45) is 5.92 Å². The van der Waals surface area contributed by atoms with Crippen LogP contribution in [-0.4, -0.2) is 11.7 Å². The van der Waals surface area contributed by atoms with Crippen LogP contribution in [0, 0.1) is 5.92 Å². The van der Waals surface area contributed by atoms with Crippen LogP contribution in [0.2, 0.25) is 0 Å². The van der Waals surface area contributed by atoms with E-state index in [1.807, 2.05) is 23.9 Å². The molecule has 0 heterocycles. The maximum absolute atomic E-state index is 12.4. The Morgan fingerprint density at radius 3 is 2.56 bits per heavy atom. The van der Waals surface area contributed by atoms with Crippen molar-refractivity contribution in [3.63, 3.8) is 0 Å². The Kier molecular flexibility index (Phi) is 6.80. The number of fused-ring (bicyclic) bond motifs is 1. The van der Waals surface area contributed by atoms with Gasteiger partial charge in [0.15, 0.2) is 0 Å². The van der Waals surface area contributed by atoms with Gasteiger partial charge in [-0.05, 0) is 42.5 Å². The molecule has 2 nitrogen and oxygen atoms in total. The third kappa shape index (κ3) is 4.78. The van der Waals surface area contributed by atoms with E-state index in [2.05, 4.69) is 31.2 Å². The number of carbonyl (C=O) groups is 1. The zero-order valence-corrected chi connectivity index (χ0v) is 15.9. The van der Waals surface area contributed by atoms with Crippen LogP contribution in [0.15, 0.2) is 41.3 Å². The van der Waals surface area contributed by atoms with E-state index in [1.165, 1.54) is 36.0 Å². The molecule has 1 aliphatic carbocycles. The van der Waals surface area contributed by atoms with Gasteiger partial charge in [0, 0.05) is 10.3 Å². The summed E-state index contributed by atoms with van der Waals surface area (Å²) in [4.78, 5) is 13.7. The van der Waals surface area contributed by atoms with Crippen LogP contribution in [0.5, 0.6) is 5.75 Å². The number of hydrogen-bond acceptors (Lipinski definition) is 3. The molecule has 134 valence electrons. The number of benzene rings is 2. The van der Waals surface area contributed by atoms with Crippen LogP contribution in [0.25, 0.3) is 10.8 Å². The van der Waals surface area contributed by atoms with Gasteiger partial charge in [-0.15, -0.1) is 11.8 Å². The fourth-order valence-electron chi connectivity index (χ4n) is 3.52. The zero-order valence-electron chi connectivity index (χ0n) is 15.1. The Balaban J connectivity index is 1.72. The standard InChI is InChI=1S/C22H28O2S/c1-2-3-4-9-16-25-21-15-14-20(18-12-7-8-13-19(18)21)24-22(23)17-10-5-6-11-17/h7-8,12-15,17H,2-6,9-11,16H2,1H3. The third-order valence-corrected chi connectivity index (χ3v) is 6.16. The Morgan fingerprint density at radius 1 is 1.04 bits per heavy atom. The van der Waals surface area contributed by atoms with Gasteiger partial charge in [-0.3, -0.25) is 4.79 Å². The van der Waals surface area contributed by atoms with Gasteiger partial charge in [0.2, 0.25) is 0 Å². The molecule has 3 rings (SSSR count). The Bertz CT molecular complexity index is 704. The maximum Gasteiger partial charge on any atom is 0.314 e. The average molecular weight is 357 g/mol. The lowest BCUT2D eigenvalue weighted by atomic mass is 10.1. The summed E-state index contributed by atoms with van der Waals surface area (Å²) >= 11 is 1.91. The molecule has 2 aromatic carbocycles. The van der Waals surface area contributed by atoms with Crippen molar-refractivity contribution in [1.82, 2.24) is 0 Å². The third-order valence-electron chi connectivity index (χ3n) is 5.00. The van der Waals surface area contributed by atoms with Gasteiger partial charge in [0.25, 0.3) is 0 Å². The van der Waals surface area contributed by atoms with E-state index in [0.29, 0.717) is 5.75 Å². The van der Waals surface area contributed by atoms with Gasteiger partial charge in [-0.1, -0.05) is 63.3 Å². The first-order chi connectivity index (χ1) is 12.3. The SMILES string of the molecule is CCCCCCSc1ccc(OC(=O)C2CCCC2)c2ccccc12. The lowest BCUT2D eigenvalue weighted by Crippen LogP contribution is -2.17. The molecular formula is C22H28O2S. The average Bonchev–Trinajstić information content (AvgIpc) is 3.18. The second kappa shape index (κ2) is 9.28. The number of hydrogen-bond donors (Lipinski definition) is 0. The van der Waals surface area contributed by atoms with Gasteiger partial charge in [0.1, 0.15) is 5.75 Å². The van der Waals surface area contributed by atoms with Gasteiger partial charge in [-0.25, -0.2) is 0 Å². The highest BCUT2D eigenvalue weighted by Gasteiger charge is 2.25. The fraction of sp³-hybridized carbons (Fsp3) is 0.500.